The van der Waals surface area contributed by atoms with Crippen LogP contribution in [0.1, 0.15) is 20.7 Å². The van der Waals surface area contributed by atoms with Gasteiger partial charge in [-0.15, -0.1) is 0 Å². The Hall–Kier alpha value is -1.88. The van der Waals surface area contributed by atoms with E-state index in [2.05, 4.69) is 5.32 Å². The molecule has 5 N–H and O–H groups in total. The van der Waals surface area contributed by atoms with Crippen LogP contribution in [0, 0.1) is 0 Å². The van der Waals surface area contributed by atoms with Gasteiger partial charge in [-0.2, -0.15) is 0 Å². The van der Waals surface area contributed by atoms with Gasteiger partial charge in [0, 0.05) is 5.69 Å². The summed E-state index contributed by atoms with van der Waals surface area (Å²) in [6, 6.07) is 4.81. The van der Waals surface area contributed by atoms with Crippen molar-refractivity contribution in [3.8, 4) is 0 Å². The van der Waals surface area contributed by atoms with Gasteiger partial charge < -0.3 is 11.2 Å². The highest BCUT2D eigenvalue weighted by atomic mass is 16.2. The number of hydrogen-bond donors (Lipinski definition) is 2. The van der Waals surface area contributed by atoms with Gasteiger partial charge in [0.25, 0.3) is 11.8 Å². The lowest BCUT2D eigenvalue weighted by molar-refractivity contribution is 0.0880. The SMILES string of the molecule is Nc1cccc2c1C(=O)NC2=O.O. The smallest absolute Gasteiger partial charge is 0.261 e. The van der Waals surface area contributed by atoms with Crippen LogP contribution in [-0.4, -0.2) is 17.3 Å². The molecule has 0 aromatic heterocycles. The summed E-state index contributed by atoms with van der Waals surface area (Å²) >= 11 is 0. The van der Waals surface area contributed by atoms with Crippen molar-refractivity contribution in [3.63, 3.8) is 0 Å². The molecule has 0 saturated heterocycles. The van der Waals surface area contributed by atoms with Crippen molar-refractivity contribution in [2.45, 2.75) is 0 Å². The van der Waals surface area contributed by atoms with Crippen LogP contribution in [0.2, 0.25) is 0 Å². The fourth-order valence-corrected chi connectivity index (χ4v) is 1.25. The van der Waals surface area contributed by atoms with Crippen molar-refractivity contribution in [2.24, 2.45) is 0 Å². The van der Waals surface area contributed by atoms with Crippen molar-refractivity contribution in [1.82, 2.24) is 5.32 Å². The van der Waals surface area contributed by atoms with E-state index in [9.17, 15) is 9.59 Å². The number of amides is 2. The van der Waals surface area contributed by atoms with E-state index >= 15 is 0 Å². The topological polar surface area (TPSA) is 104 Å². The highest BCUT2D eigenvalue weighted by Gasteiger charge is 2.27. The van der Waals surface area contributed by atoms with Crippen LogP contribution in [0.4, 0.5) is 5.69 Å². The van der Waals surface area contributed by atoms with Gasteiger partial charge in [0.2, 0.25) is 0 Å². The quantitative estimate of drug-likeness (QED) is 0.408. The van der Waals surface area contributed by atoms with Crippen molar-refractivity contribution in [2.75, 3.05) is 5.73 Å². The van der Waals surface area contributed by atoms with E-state index in [1.165, 1.54) is 0 Å². The molecule has 2 rings (SSSR count). The number of nitrogens with two attached hydrogens (primary N) is 1. The Morgan fingerprint density at radius 1 is 1.15 bits per heavy atom. The summed E-state index contributed by atoms with van der Waals surface area (Å²) in [5, 5.41) is 2.17. The predicted octanol–water partition coefficient (Wildman–Crippen LogP) is -0.672. The van der Waals surface area contributed by atoms with E-state index in [0.717, 1.165) is 0 Å². The van der Waals surface area contributed by atoms with Crippen LogP contribution >= 0.6 is 0 Å². The Balaban J connectivity index is 0.000000845. The number of nitrogens with one attached hydrogen (secondary N) is 1. The molecule has 5 heteroatoms. The molecule has 0 spiro atoms. The highest BCUT2D eigenvalue weighted by Crippen LogP contribution is 2.20. The first-order chi connectivity index (χ1) is 5.70. The van der Waals surface area contributed by atoms with Crippen LogP contribution in [0.3, 0.4) is 0 Å². The summed E-state index contributed by atoms with van der Waals surface area (Å²) < 4.78 is 0. The number of carbonyl (C=O) groups is 2. The van der Waals surface area contributed by atoms with Crippen LogP contribution in [-0.2, 0) is 0 Å². The average Bonchev–Trinajstić information content (AvgIpc) is 2.29. The van der Waals surface area contributed by atoms with Crippen molar-refractivity contribution >= 4 is 17.5 Å². The Labute approximate surface area is 73.8 Å². The molecule has 1 aliphatic heterocycles. The van der Waals surface area contributed by atoms with Gasteiger partial charge in [-0.25, -0.2) is 0 Å². The molecule has 13 heavy (non-hydrogen) atoms. The molecule has 0 fully saturated rings. The largest absolute Gasteiger partial charge is 0.412 e. The first kappa shape index (κ1) is 9.21. The Bertz CT molecular complexity index is 387. The van der Waals surface area contributed by atoms with E-state index in [0.29, 0.717) is 16.8 Å². The van der Waals surface area contributed by atoms with Crippen LogP contribution in [0.15, 0.2) is 18.2 Å². The lowest BCUT2D eigenvalue weighted by Crippen LogP contribution is -2.20. The third-order valence-corrected chi connectivity index (χ3v) is 1.80. The molecule has 1 aliphatic rings. The van der Waals surface area contributed by atoms with Gasteiger partial charge in [-0.3, -0.25) is 14.9 Å². The molecule has 68 valence electrons. The standard InChI is InChI=1S/C8H6N2O2.H2O/c9-5-3-1-2-4-6(5)8(12)10-7(4)11;/h1-3H,9H2,(H,10,11,12);1H2. The van der Waals surface area contributed by atoms with E-state index in [-0.39, 0.29) is 11.4 Å². The third kappa shape index (κ3) is 1.15. The second-order valence-corrected chi connectivity index (χ2v) is 2.55. The lowest BCUT2D eigenvalue weighted by Gasteiger charge is -1.96. The molecule has 0 bridgehead atoms. The summed E-state index contributed by atoms with van der Waals surface area (Å²) in [5.74, 6) is -0.782. The van der Waals surface area contributed by atoms with Gasteiger partial charge in [-0.1, -0.05) is 6.07 Å². The van der Waals surface area contributed by atoms with Crippen molar-refractivity contribution < 1.29 is 15.1 Å². The number of nitrogen functional groups attached to an aromatic ring is 1. The van der Waals surface area contributed by atoms with Crippen LogP contribution in [0.5, 0.6) is 0 Å². The fourth-order valence-electron chi connectivity index (χ4n) is 1.25. The molecule has 5 nitrogen and oxygen atoms in total. The van der Waals surface area contributed by atoms with E-state index in [1.807, 2.05) is 0 Å². The van der Waals surface area contributed by atoms with Gasteiger partial charge >= 0.3 is 0 Å². The Morgan fingerprint density at radius 3 is 2.46 bits per heavy atom. The molecule has 1 heterocycles. The molecular weight excluding hydrogens is 172 g/mol. The number of fused-ring (bicyclic) bond motifs is 1. The lowest BCUT2D eigenvalue weighted by atomic mass is 10.1. The minimum atomic E-state index is -0.409. The third-order valence-electron chi connectivity index (χ3n) is 1.80. The first-order valence-corrected chi connectivity index (χ1v) is 3.44. The molecule has 1 aromatic carbocycles. The summed E-state index contributed by atoms with van der Waals surface area (Å²) in [5.41, 5.74) is 6.51. The summed E-state index contributed by atoms with van der Waals surface area (Å²) in [6.07, 6.45) is 0. The van der Waals surface area contributed by atoms with Gasteiger partial charge in [0.15, 0.2) is 0 Å². The molecule has 0 saturated carbocycles. The van der Waals surface area contributed by atoms with Crippen molar-refractivity contribution in [1.29, 1.82) is 0 Å². The number of anilines is 1. The normalized spacial score (nSPS) is 13.2. The fraction of sp³-hybridized carbons (Fsp3) is 0. The predicted molar refractivity (Wildman–Crippen MR) is 46.3 cm³/mol. The maximum absolute atomic E-state index is 11.1. The summed E-state index contributed by atoms with van der Waals surface area (Å²) in [7, 11) is 0. The van der Waals surface area contributed by atoms with Crippen molar-refractivity contribution in [3.05, 3.63) is 29.3 Å². The zero-order valence-corrected chi connectivity index (χ0v) is 6.63. The number of carbonyl (C=O) groups excluding carboxylic acids is 2. The monoisotopic (exact) mass is 180 g/mol. The molecular formula is C8H8N2O3. The maximum atomic E-state index is 11.1. The zero-order chi connectivity index (χ0) is 8.72. The van der Waals surface area contributed by atoms with Gasteiger partial charge in [0.05, 0.1) is 11.1 Å². The van der Waals surface area contributed by atoms with Gasteiger partial charge in [0.1, 0.15) is 0 Å². The number of hydrogen-bond acceptors (Lipinski definition) is 3. The molecule has 0 atom stereocenters. The zero-order valence-electron chi connectivity index (χ0n) is 6.63. The number of imide groups is 1. The second-order valence-electron chi connectivity index (χ2n) is 2.55. The summed E-state index contributed by atoms with van der Waals surface area (Å²) in [6.45, 7) is 0. The minimum absolute atomic E-state index is 0. The average molecular weight is 180 g/mol. The maximum Gasteiger partial charge on any atom is 0.261 e. The van der Waals surface area contributed by atoms with E-state index in [4.69, 9.17) is 5.73 Å². The Morgan fingerprint density at radius 2 is 1.85 bits per heavy atom. The number of rotatable bonds is 0. The minimum Gasteiger partial charge on any atom is -0.412 e. The van der Waals surface area contributed by atoms with Crippen LogP contribution in [0.25, 0.3) is 0 Å². The molecule has 2 amide bonds. The van der Waals surface area contributed by atoms with E-state index < -0.39 is 5.91 Å². The molecule has 0 aliphatic carbocycles. The molecule has 1 aromatic rings. The molecule has 0 radical (unpaired) electrons. The van der Waals surface area contributed by atoms with Crippen LogP contribution < -0.4 is 11.1 Å². The van der Waals surface area contributed by atoms with Gasteiger partial charge in [-0.05, 0) is 12.1 Å². The second kappa shape index (κ2) is 2.87. The Kier molecular flexibility index (Phi) is 2.03. The van der Waals surface area contributed by atoms with E-state index in [1.54, 1.807) is 18.2 Å². The summed E-state index contributed by atoms with van der Waals surface area (Å²) in [4.78, 5) is 22.1. The first-order valence-electron chi connectivity index (χ1n) is 3.44. The highest BCUT2D eigenvalue weighted by molar-refractivity contribution is 6.23. The molecule has 0 unspecified atom stereocenters. The number of benzene rings is 1.